The zero-order chi connectivity index (χ0) is 32.0. The summed E-state index contributed by atoms with van der Waals surface area (Å²) in [5.41, 5.74) is -0.465. The van der Waals surface area contributed by atoms with Gasteiger partial charge in [0.25, 0.3) is 5.89 Å². The molecule has 1 aromatic carbocycles. The molecule has 1 aromatic heterocycles. The SMILES string of the molecule is COC(=O)N[C@H](C(=O)N(CC(=O)NC(C(=O)c1nnc(C(C)(C)c2ccc(F)cc2)o1)C(C)C)CC(C)(C)C)C(C)C. The lowest BCUT2D eigenvalue weighted by atomic mass is 9.84. The van der Waals surface area contributed by atoms with Crippen LogP contribution in [0.4, 0.5) is 9.18 Å². The highest BCUT2D eigenvalue weighted by Gasteiger charge is 2.36. The lowest BCUT2D eigenvalue weighted by Gasteiger charge is -2.34. The van der Waals surface area contributed by atoms with Gasteiger partial charge in [-0.2, -0.15) is 0 Å². The van der Waals surface area contributed by atoms with E-state index >= 15 is 0 Å². The number of amides is 3. The molecule has 2 N–H and O–H groups in total. The number of methoxy groups -OCH3 is 1. The first-order valence-corrected chi connectivity index (χ1v) is 13.9. The van der Waals surface area contributed by atoms with Gasteiger partial charge in [-0.1, -0.05) is 60.6 Å². The second-order valence-electron chi connectivity index (χ2n) is 12.8. The summed E-state index contributed by atoms with van der Waals surface area (Å²) in [6.45, 7) is 16.3. The first-order chi connectivity index (χ1) is 19.4. The van der Waals surface area contributed by atoms with Crippen molar-refractivity contribution in [3.05, 3.63) is 47.4 Å². The number of carbonyl (C=O) groups is 4. The predicted octanol–water partition coefficient (Wildman–Crippen LogP) is 4.11. The van der Waals surface area contributed by atoms with Gasteiger partial charge in [0, 0.05) is 6.54 Å². The molecule has 0 saturated carbocycles. The van der Waals surface area contributed by atoms with Crippen molar-refractivity contribution in [3.8, 4) is 0 Å². The maximum Gasteiger partial charge on any atom is 0.407 e. The normalized spacial score (nSPS) is 13.5. The van der Waals surface area contributed by atoms with Gasteiger partial charge in [-0.3, -0.25) is 14.4 Å². The van der Waals surface area contributed by atoms with Crippen molar-refractivity contribution in [2.45, 2.75) is 79.8 Å². The standard InChI is InChI=1S/C30H44FN5O6/c1-17(2)22(24(38)25-34-35-27(42-25)30(8,9)19-11-13-20(31)14-12-19)32-21(37)15-36(16-29(5,6)7)26(39)23(18(3)4)33-28(40)41-10/h11-14,17-18,22-23H,15-16H2,1-10H3,(H,32,37)(H,33,40)/t22?,23-/m0/s1. The Labute approximate surface area is 247 Å². The number of hydrogen-bond acceptors (Lipinski definition) is 8. The molecule has 1 unspecified atom stereocenters. The van der Waals surface area contributed by atoms with Crippen LogP contribution in [0.2, 0.25) is 0 Å². The van der Waals surface area contributed by atoms with E-state index in [0.29, 0.717) is 5.56 Å². The number of Topliss-reactive ketones (excluding diaryl/α,β-unsaturated/α-hetero) is 1. The molecular formula is C30H44FN5O6. The number of halogens is 1. The molecule has 42 heavy (non-hydrogen) atoms. The van der Waals surface area contributed by atoms with Crippen molar-refractivity contribution in [3.63, 3.8) is 0 Å². The van der Waals surface area contributed by atoms with Gasteiger partial charge in [0.15, 0.2) is 0 Å². The Hall–Kier alpha value is -3.83. The van der Waals surface area contributed by atoms with Crippen LogP contribution in [0.5, 0.6) is 0 Å². The van der Waals surface area contributed by atoms with Crippen molar-refractivity contribution >= 4 is 23.7 Å². The van der Waals surface area contributed by atoms with Crippen LogP contribution in [-0.4, -0.2) is 71.1 Å². The fourth-order valence-electron chi connectivity index (χ4n) is 4.31. The second-order valence-corrected chi connectivity index (χ2v) is 12.8. The molecule has 232 valence electrons. The predicted molar refractivity (Wildman–Crippen MR) is 154 cm³/mol. The summed E-state index contributed by atoms with van der Waals surface area (Å²) in [6.07, 6.45) is -0.755. The molecule has 0 radical (unpaired) electrons. The number of rotatable bonds is 12. The average molecular weight is 590 g/mol. The Morgan fingerprint density at radius 2 is 1.50 bits per heavy atom. The molecule has 0 aliphatic rings. The Balaban J connectivity index is 2.26. The zero-order valence-electron chi connectivity index (χ0n) is 26.2. The zero-order valence-corrected chi connectivity index (χ0v) is 26.2. The Morgan fingerprint density at radius 1 is 0.929 bits per heavy atom. The van der Waals surface area contributed by atoms with Gasteiger partial charge in [-0.15, -0.1) is 10.2 Å². The molecule has 11 nitrogen and oxygen atoms in total. The summed E-state index contributed by atoms with van der Waals surface area (Å²) in [5.74, 6) is -2.71. The van der Waals surface area contributed by atoms with Crippen LogP contribution in [0.25, 0.3) is 0 Å². The molecule has 2 rings (SSSR count). The fraction of sp³-hybridized carbons (Fsp3) is 0.600. The number of aromatic nitrogens is 2. The molecular weight excluding hydrogens is 545 g/mol. The van der Waals surface area contributed by atoms with Gasteiger partial charge in [-0.25, -0.2) is 9.18 Å². The topological polar surface area (TPSA) is 144 Å². The van der Waals surface area contributed by atoms with E-state index in [-0.39, 0.29) is 47.9 Å². The van der Waals surface area contributed by atoms with E-state index in [1.165, 1.54) is 24.1 Å². The van der Waals surface area contributed by atoms with Crippen LogP contribution in [0.15, 0.2) is 28.7 Å². The number of ketones is 1. The highest BCUT2D eigenvalue weighted by molar-refractivity contribution is 5.99. The van der Waals surface area contributed by atoms with E-state index < -0.39 is 41.2 Å². The first kappa shape index (κ1) is 34.4. The Bertz CT molecular complexity index is 1250. The summed E-state index contributed by atoms with van der Waals surface area (Å²) in [5, 5.41) is 13.3. The molecule has 0 aliphatic heterocycles. The molecule has 0 bridgehead atoms. The molecule has 0 fully saturated rings. The molecule has 12 heteroatoms. The number of alkyl carbamates (subject to hydrolysis) is 1. The Kier molecular flexibility index (Phi) is 11.4. The lowest BCUT2D eigenvalue weighted by molar-refractivity contribution is -0.140. The highest BCUT2D eigenvalue weighted by atomic mass is 19.1. The van der Waals surface area contributed by atoms with E-state index in [1.807, 2.05) is 34.6 Å². The average Bonchev–Trinajstić information content (AvgIpc) is 3.39. The third kappa shape index (κ3) is 9.09. The number of ether oxygens (including phenoxy) is 1. The quantitative estimate of drug-likeness (QED) is 0.352. The van der Waals surface area contributed by atoms with Gasteiger partial charge < -0.3 is 24.7 Å². The van der Waals surface area contributed by atoms with Crippen molar-refractivity contribution in [2.24, 2.45) is 17.3 Å². The minimum Gasteiger partial charge on any atom is -0.453 e. The number of benzene rings is 1. The number of nitrogens with one attached hydrogen (secondary N) is 2. The third-order valence-electron chi connectivity index (χ3n) is 6.70. The van der Waals surface area contributed by atoms with E-state index in [9.17, 15) is 23.6 Å². The first-order valence-electron chi connectivity index (χ1n) is 13.9. The summed E-state index contributed by atoms with van der Waals surface area (Å²) in [6, 6.07) is 3.93. The smallest absolute Gasteiger partial charge is 0.407 e. The van der Waals surface area contributed by atoms with Gasteiger partial charge in [0.05, 0.1) is 25.1 Å². The molecule has 3 amide bonds. The molecule has 1 heterocycles. The minimum atomic E-state index is -1.01. The molecule has 0 spiro atoms. The van der Waals surface area contributed by atoms with Crippen LogP contribution >= 0.6 is 0 Å². The van der Waals surface area contributed by atoms with Gasteiger partial charge in [0.1, 0.15) is 11.9 Å². The molecule has 2 atom stereocenters. The largest absolute Gasteiger partial charge is 0.453 e. The van der Waals surface area contributed by atoms with Crippen molar-refractivity contribution in [2.75, 3.05) is 20.2 Å². The fourth-order valence-corrected chi connectivity index (χ4v) is 4.31. The Morgan fingerprint density at radius 3 is 2.00 bits per heavy atom. The number of nitrogens with zero attached hydrogens (tertiary/aromatic N) is 3. The maximum atomic E-state index is 13.5. The van der Waals surface area contributed by atoms with Crippen molar-refractivity contribution < 1.29 is 32.7 Å². The maximum absolute atomic E-state index is 13.5. The monoisotopic (exact) mass is 589 g/mol. The minimum absolute atomic E-state index is 0.158. The van der Waals surface area contributed by atoms with Crippen molar-refractivity contribution in [1.82, 2.24) is 25.7 Å². The van der Waals surface area contributed by atoms with E-state index in [1.54, 1.807) is 39.8 Å². The van der Waals surface area contributed by atoms with Crippen LogP contribution < -0.4 is 10.6 Å². The highest BCUT2D eigenvalue weighted by Crippen LogP contribution is 2.31. The van der Waals surface area contributed by atoms with Gasteiger partial charge >= 0.3 is 6.09 Å². The molecule has 0 aliphatic carbocycles. The van der Waals surface area contributed by atoms with E-state index in [4.69, 9.17) is 4.42 Å². The lowest BCUT2D eigenvalue weighted by Crippen LogP contribution is -2.56. The van der Waals surface area contributed by atoms with E-state index in [2.05, 4.69) is 25.6 Å². The summed E-state index contributed by atoms with van der Waals surface area (Å²) in [4.78, 5) is 53.5. The molecule has 2 aromatic rings. The second kappa shape index (κ2) is 13.9. The summed E-state index contributed by atoms with van der Waals surface area (Å²) >= 11 is 0. The number of hydrogen-bond donors (Lipinski definition) is 2. The summed E-state index contributed by atoms with van der Waals surface area (Å²) in [7, 11) is 1.21. The number of carbonyl (C=O) groups excluding carboxylic acids is 4. The van der Waals surface area contributed by atoms with E-state index in [0.717, 1.165) is 0 Å². The van der Waals surface area contributed by atoms with Crippen LogP contribution in [0.3, 0.4) is 0 Å². The molecule has 0 saturated heterocycles. The van der Waals surface area contributed by atoms with Crippen LogP contribution in [0, 0.1) is 23.1 Å². The van der Waals surface area contributed by atoms with Gasteiger partial charge in [-0.05, 0) is 48.8 Å². The van der Waals surface area contributed by atoms with Gasteiger partial charge in [0.2, 0.25) is 23.5 Å². The third-order valence-corrected chi connectivity index (χ3v) is 6.70. The van der Waals surface area contributed by atoms with Crippen LogP contribution in [-0.2, 0) is 19.7 Å². The van der Waals surface area contributed by atoms with Crippen molar-refractivity contribution in [1.29, 1.82) is 0 Å². The van der Waals surface area contributed by atoms with Crippen LogP contribution in [0.1, 0.15) is 84.5 Å². The summed E-state index contributed by atoms with van der Waals surface area (Å²) < 4.78 is 23.9.